The van der Waals surface area contributed by atoms with Crippen molar-refractivity contribution in [2.24, 2.45) is 0 Å². The van der Waals surface area contributed by atoms with Gasteiger partial charge in [0.2, 0.25) is 0 Å². The number of anilines is 1. The molecule has 2 heterocycles. The van der Waals surface area contributed by atoms with Crippen LogP contribution in [0.1, 0.15) is 29.8 Å². The topological polar surface area (TPSA) is 50.7 Å². The lowest BCUT2D eigenvalue weighted by molar-refractivity contribution is 0.858. The molecule has 0 fully saturated rings. The molecule has 2 rings (SSSR count). The molecule has 0 aromatic carbocycles. The zero-order chi connectivity index (χ0) is 12.3. The Bertz CT molecular complexity index is 500. The highest BCUT2D eigenvalue weighted by molar-refractivity contribution is 7.11. The van der Waals surface area contributed by atoms with Gasteiger partial charge in [-0.3, -0.25) is 0 Å². The fourth-order valence-corrected chi connectivity index (χ4v) is 2.39. The smallest absolute Gasteiger partial charge is 0.148 e. The van der Waals surface area contributed by atoms with Crippen molar-refractivity contribution in [3.63, 3.8) is 0 Å². The summed E-state index contributed by atoms with van der Waals surface area (Å²) in [6, 6.07) is 0.0905. The number of thiazole rings is 1. The number of nitrogens with one attached hydrogen (secondary N) is 1. The molecule has 17 heavy (non-hydrogen) atoms. The molecule has 0 aliphatic heterocycles. The molecule has 4 nitrogen and oxygen atoms in total. The summed E-state index contributed by atoms with van der Waals surface area (Å²) in [6.45, 7) is 4.16. The van der Waals surface area contributed by atoms with Gasteiger partial charge in [0.25, 0.3) is 0 Å². The molecule has 0 spiro atoms. The van der Waals surface area contributed by atoms with E-state index in [9.17, 15) is 0 Å². The van der Waals surface area contributed by atoms with E-state index in [0.717, 1.165) is 11.4 Å². The first kappa shape index (κ1) is 12.3. The van der Waals surface area contributed by atoms with E-state index >= 15 is 0 Å². The molecule has 0 bridgehead atoms. The van der Waals surface area contributed by atoms with Crippen LogP contribution >= 0.6 is 22.9 Å². The van der Waals surface area contributed by atoms with Crippen molar-refractivity contribution in [2.45, 2.75) is 26.3 Å². The van der Waals surface area contributed by atoms with Crippen LogP contribution < -0.4 is 5.32 Å². The minimum atomic E-state index is 0.0905. The van der Waals surface area contributed by atoms with E-state index in [1.54, 1.807) is 17.5 Å². The average molecular weight is 269 g/mol. The summed E-state index contributed by atoms with van der Waals surface area (Å²) in [4.78, 5) is 13.6. The first-order chi connectivity index (χ1) is 8.20. The van der Waals surface area contributed by atoms with E-state index in [4.69, 9.17) is 11.6 Å². The SMILES string of the molecule is CCc1cnc(C(C)Nc2ncncc2Cl)s1. The number of aromatic nitrogens is 3. The van der Waals surface area contributed by atoms with Crippen LogP contribution in [0.3, 0.4) is 0 Å². The maximum absolute atomic E-state index is 5.98. The van der Waals surface area contributed by atoms with E-state index in [0.29, 0.717) is 10.8 Å². The Labute approximate surface area is 109 Å². The highest BCUT2D eigenvalue weighted by Gasteiger charge is 2.12. The molecule has 0 radical (unpaired) electrons. The summed E-state index contributed by atoms with van der Waals surface area (Å²) in [5, 5.41) is 4.79. The lowest BCUT2D eigenvalue weighted by atomic mass is 10.3. The Hall–Kier alpha value is -1.20. The molecule has 0 saturated heterocycles. The number of rotatable bonds is 4. The third kappa shape index (κ3) is 2.92. The third-order valence-electron chi connectivity index (χ3n) is 2.31. The Balaban J connectivity index is 2.11. The Kier molecular flexibility index (Phi) is 3.91. The molecule has 6 heteroatoms. The van der Waals surface area contributed by atoms with Crippen LogP contribution in [0.5, 0.6) is 0 Å². The van der Waals surface area contributed by atoms with Gasteiger partial charge in [0.05, 0.1) is 12.2 Å². The van der Waals surface area contributed by atoms with E-state index in [1.165, 1.54) is 11.2 Å². The number of hydrogen-bond donors (Lipinski definition) is 1. The molecule has 0 amide bonds. The number of aryl methyl sites for hydroxylation is 1. The van der Waals surface area contributed by atoms with Crippen molar-refractivity contribution in [1.29, 1.82) is 0 Å². The van der Waals surface area contributed by atoms with E-state index in [1.807, 2.05) is 13.1 Å². The number of nitrogens with zero attached hydrogens (tertiary/aromatic N) is 3. The van der Waals surface area contributed by atoms with Crippen LogP contribution in [0, 0.1) is 0 Å². The third-order valence-corrected chi connectivity index (χ3v) is 3.91. The summed E-state index contributed by atoms with van der Waals surface area (Å²) in [7, 11) is 0. The summed E-state index contributed by atoms with van der Waals surface area (Å²) < 4.78 is 0. The van der Waals surface area contributed by atoms with E-state index < -0.39 is 0 Å². The second-order valence-corrected chi connectivity index (χ2v) is 5.16. The first-order valence-corrected chi connectivity index (χ1v) is 6.56. The van der Waals surface area contributed by atoms with Crippen LogP contribution in [0.25, 0.3) is 0 Å². The molecule has 90 valence electrons. The van der Waals surface area contributed by atoms with Crippen molar-refractivity contribution >= 4 is 28.8 Å². The lowest BCUT2D eigenvalue weighted by Gasteiger charge is -2.12. The molecular weight excluding hydrogens is 256 g/mol. The maximum Gasteiger partial charge on any atom is 0.148 e. The molecule has 2 aromatic heterocycles. The summed E-state index contributed by atoms with van der Waals surface area (Å²) in [5.41, 5.74) is 0. The van der Waals surface area contributed by atoms with Gasteiger partial charge in [-0.25, -0.2) is 15.0 Å². The monoisotopic (exact) mass is 268 g/mol. The fourth-order valence-electron chi connectivity index (χ4n) is 1.37. The molecule has 1 unspecified atom stereocenters. The van der Waals surface area contributed by atoms with Gasteiger partial charge >= 0.3 is 0 Å². The maximum atomic E-state index is 5.98. The van der Waals surface area contributed by atoms with Crippen LogP contribution in [-0.2, 0) is 6.42 Å². The highest BCUT2D eigenvalue weighted by atomic mass is 35.5. The van der Waals surface area contributed by atoms with Crippen molar-refractivity contribution in [3.05, 3.63) is 33.6 Å². The van der Waals surface area contributed by atoms with E-state index in [2.05, 4.69) is 27.2 Å². The van der Waals surface area contributed by atoms with Gasteiger partial charge in [0, 0.05) is 11.1 Å². The van der Waals surface area contributed by atoms with Gasteiger partial charge < -0.3 is 5.32 Å². The molecule has 1 atom stereocenters. The van der Waals surface area contributed by atoms with Crippen LogP contribution in [0.15, 0.2) is 18.7 Å². The lowest BCUT2D eigenvalue weighted by Crippen LogP contribution is -2.08. The molecular formula is C11H13ClN4S. The van der Waals surface area contributed by atoms with Gasteiger partial charge in [-0.1, -0.05) is 18.5 Å². The summed E-state index contributed by atoms with van der Waals surface area (Å²) in [6.07, 6.45) is 5.97. The highest BCUT2D eigenvalue weighted by Crippen LogP contribution is 2.25. The van der Waals surface area contributed by atoms with Crippen molar-refractivity contribution in [2.75, 3.05) is 5.32 Å². The molecule has 1 N–H and O–H groups in total. The number of hydrogen-bond acceptors (Lipinski definition) is 5. The van der Waals surface area contributed by atoms with Gasteiger partial charge in [0.15, 0.2) is 0 Å². The number of halogens is 1. The summed E-state index contributed by atoms with van der Waals surface area (Å²) in [5.74, 6) is 0.641. The van der Waals surface area contributed by atoms with Crippen molar-refractivity contribution < 1.29 is 0 Å². The van der Waals surface area contributed by atoms with Crippen LogP contribution in [-0.4, -0.2) is 15.0 Å². The molecule has 0 aliphatic carbocycles. The van der Waals surface area contributed by atoms with Crippen molar-refractivity contribution in [3.8, 4) is 0 Å². The van der Waals surface area contributed by atoms with Gasteiger partial charge in [-0.15, -0.1) is 11.3 Å². The van der Waals surface area contributed by atoms with Gasteiger partial charge in [-0.05, 0) is 13.3 Å². The van der Waals surface area contributed by atoms with Crippen molar-refractivity contribution in [1.82, 2.24) is 15.0 Å². The zero-order valence-corrected chi connectivity index (χ0v) is 11.2. The van der Waals surface area contributed by atoms with Gasteiger partial charge in [-0.2, -0.15) is 0 Å². The second kappa shape index (κ2) is 5.42. The predicted molar refractivity (Wildman–Crippen MR) is 70.6 cm³/mol. The Morgan fingerprint density at radius 1 is 1.41 bits per heavy atom. The molecule has 2 aromatic rings. The van der Waals surface area contributed by atoms with E-state index in [-0.39, 0.29) is 6.04 Å². The first-order valence-electron chi connectivity index (χ1n) is 5.37. The summed E-state index contributed by atoms with van der Waals surface area (Å²) >= 11 is 7.69. The Morgan fingerprint density at radius 3 is 2.88 bits per heavy atom. The standard InChI is InChI=1S/C11H13ClN4S/c1-3-8-4-14-11(17-8)7(2)16-10-9(12)5-13-6-15-10/h4-7H,3H2,1-2H3,(H,13,15,16). The molecule has 0 saturated carbocycles. The van der Waals surface area contributed by atoms with Crippen LogP contribution in [0.4, 0.5) is 5.82 Å². The zero-order valence-electron chi connectivity index (χ0n) is 9.64. The quantitative estimate of drug-likeness (QED) is 0.924. The Morgan fingerprint density at radius 2 is 2.24 bits per heavy atom. The second-order valence-electron chi connectivity index (χ2n) is 3.60. The van der Waals surface area contributed by atoms with Gasteiger partial charge in [0.1, 0.15) is 22.2 Å². The normalized spacial score (nSPS) is 12.4. The predicted octanol–water partition coefficient (Wildman–Crippen LogP) is 3.32. The average Bonchev–Trinajstić information content (AvgIpc) is 2.81. The minimum absolute atomic E-state index is 0.0905. The molecule has 0 aliphatic rings. The fraction of sp³-hybridized carbons (Fsp3) is 0.364. The largest absolute Gasteiger partial charge is 0.360 e. The van der Waals surface area contributed by atoms with Crippen LogP contribution in [0.2, 0.25) is 5.02 Å². The minimum Gasteiger partial charge on any atom is -0.360 e.